The van der Waals surface area contributed by atoms with Crippen molar-refractivity contribution in [3.63, 3.8) is 0 Å². The van der Waals surface area contributed by atoms with Crippen LogP contribution in [0.25, 0.3) is 0 Å². The Hall–Kier alpha value is -2.34. The zero-order valence-corrected chi connectivity index (χ0v) is 18.8. The summed E-state index contributed by atoms with van der Waals surface area (Å²) in [5, 5.41) is 2.74. The number of hydrogen-bond donors (Lipinski definition) is 2. The molecule has 3 rings (SSSR count). The van der Waals surface area contributed by atoms with Crippen LogP contribution in [0.1, 0.15) is 14.5 Å². The van der Waals surface area contributed by atoms with Gasteiger partial charge in [0.25, 0.3) is 5.91 Å². The molecule has 2 amide bonds. The van der Waals surface area contributed by atoms with Gasteiger partial charge in [0.05, 0.1) is 17.7 Å². The molecule has 0 bridgehead atoms. The van der Waals surface area contributed by atoms with Crippen LogP contribution < -0.4 is 10.0 Å². The van der Waals surface area contributed by atoms with Gasteiger partial charge in [-0.1, -0.05) is 0 Å². The Morgan fingerprint density at radius 1 is 1.06 bits per heavy atom. The molecule has 0 aliphatic carbocycles. The molecule has 31 heavy (non-hydrogen) atoms. The van der Waals surface area contributed by atoms with Gasteiger partial charge in [-0.2, -0.15) is 0 Å². The number of halogens is 1. The Morgan fingerprint density at radius 2 is 1.74 bits per heavy atom. The molecule has 11 heteroatoms. The van der Waals surface area contributed by atoms with Gasteiger partial charge in [-0.05, 0) is 42.8 Å². The maximum atomic E-state index is 12.9. The lowest BCUT2D eigenvalue weighted by Crippen LogP contribution is -2.50. The highest BCUT2D eigenvalue weighted by atomic mass is 32.2. The topological polar surface area (TPSA) is 98.8 Å². The normalized spacial score (nSPS) is 15.1. The first-order chi connectivity index (χ1) is 14.7. The number of nitrogens with one attached hydrogen (secondary N) is 2. The quantitative estimate of drug-likeness (QED) is 0.610. The van der Waals surface area contributed by atoms with E-state index in [1.165, 1.54) is 35.6 Å². The van der Waals surface area contributed by atoms with Crippen molar-refractivity contribution in [2.75, 3.05) is 50.8 Å². The van der Waals surface area contributed by atoms with Crippen molar-refractivity contribution in [3.8, 4) is 0 Å². The van der Waals surface area contributed by atoms with Crippen LogP contribution in [0.4, 0.5) is 10.1 Å². The monoisotopic (exact) mass is 468 g/mol. The number of sulfonamides is 1. The minimum Gasteiger partial charge on any atom is -0.335 e. The lowest BCUT2D eigenvalue weighted by atomic mass is 10.2. The van der Waals surface area contributed by atoms with E-state index in [2.05, 4.69) is 10.0 Å². The Balaban J connectivity index is 1.43. The van der Waals surface area contributed by atoms with Gasteiger partial charge in [0, 0.05) is 43.3 Å². The van der Waals surface area contributed by atoms with Crippen molar-refractivity contribution in [3.05, 3.63) is 52.0 Å². The van der Waals surface area contributed by atoms with E-state index in [1.54, 1.807) is 11.0 Å². The molecule has 2 heterocycles. The smallest absolute Gasteiger partial charge is 0.264 e. The minimum atomic E-state index is -3.22. The van der Waals surface area contributed by atoms with E-state index in [0.29, 0.717) is 49.7 Å². The third kappa shape index (κ3) is 7.39. The third-order valence-corrected chi connectivity index (χ3v) is 6.62. The number of thiophene rings is 1. The summed E-state index contributed by atoms with van der Waals surface area (Å²) in [5.41, 5.74) is 0.542. The van der Waals surface area contributed by atoms with Gasteiger partial charge in [-0.15, -0.1) is 11.3 Å². The Labute approximate surface area is 185 Å². The van der Waals surface area contributed by atoms with E-state index in [4.69, 9.17) is 0 Å². The second-order valence-corrected chi connectivity index (χ2v) is 10.3. The fourth-order valence-electron chi connectivity index (χ4n) is 3.19. The first-order valence-corrected chi connectivity index (χ1v) is 12.5. The molecule has 2 aromatic rings. The molecule has 1 aliphatic heterocycles. The van der Waals surface area contributed by atoms with Crippen molar-refractivity contribution in [1.82, 2.24) is 14.5 Å². The minimum absolute atomic E-state index is 0.0530. The van der Waals surface area contributed by atoms with Crippen LogP contribution in [0.5, 0.6) is 0 Å². The summed E-state index contributed by atoms with van der Waals surface area (Å²) < 4.78 is 37.6. The molecule has 8 nitrogen and oxygen atoms in total. The molecule has 1 aromatic carbocycles. The van der Waals surface area contributed by atoms with Crippen molar-refractivity contribution in [2.45, 2.75) is 6.42 Å². The summed E-state index contributed by atoms with van der Waals surface area (Å²) in [4.78, 5) is 30.2. The standard InChI is InChI=1S/C20H25FN4O4S2/c1-31(28,29)22-9-8-17-6-7-18(30-17)20(27)25-12-10-24(11-13-25)14-19(26)23-16-4-2-15(21)3-5-16/h2-7,22H,8-14H2,1H3,(H,23,26). The van der Waals surface area contributed by atoms with Crippen LogP contribution in [0.3, 0.4) is 0 Å². The van der Waals surface area contributed by atoms with Gasteiger partial charge >= 0.3 is 0 Å². The van der Waals surface area contributed by atoms with E-state index < -0.39 is 10.0 Å². The van der Waals surface area contributed by atoms with Crippen molar-refractivity contribution in [1.29, 1.82) is 0 Å². The summed E-state index contributed by atoms with van der Waals surface area (Å²) in [5.74, 6) is -0.595. The van der Waals surface area contributed by atoms with Gasteiger partial charge in [-0.25, -0.2) is 17.5 Å². The predicted octanol–water partition coefficient (Wildman–Crippen LogP) is 1.38. The van der Waals surface area contributed by atoms with Crippen LogP contribution >= 0.6 is 11.3 Å². The number of nitrogens with zero attached hydrogens (tertiary/aromatic N) is 2. The Kier molecular flexibility index (Phi) is 7.76. The molecule has 0 atom stereocenters. The first-order valence-electron chi connectivity index (χ1n) is 9.80. The zero-order valence-electron chi connectivity index (χ0n) is 17.1. The largest absolute Gasteiger partial charge is 0.335 e. The van der Waals surface area contributed by atoms with E-state index in [1.807, 2.05) is 11.0 Å². The number of anilines is 1. The molecule has 1 fully saturated rings. The number of rotatable bonds is 8. The zero-order chi connectivity index (χ0) is 22.4. The summed E-state index contributed by atoms with van der Waals surface area (Å²) in [6.07, 6.45) is 1.64. The highest BCUT2D eigenvalue weighted by molar-refractivity contribution is 7.88. The lowest BCUT2D eigenvalue weighted by molar-refractivity contribution is -0.117. The molecule has 0 spiro atoms. The summed E-state index contributed by atoms with van der Waals surface area (Å²) in [7, 11) is -3.22. The lowest BCUT2D eigenvalue weighted by Gasteiger charge is -2.34. The number of hydrogen-bond acceptors (Lipinski definition) is 6. The molecule has 1 aromatic heterocycles. The Morgan fingerprint density at radius 3 is 2.39 bits per heavy atom. The fourth-order valence-corrected chi connectivity index (χ4v) is 4.64. The Bertz CT molecular complexity index is 1020. The van der Waals surface area contributed by atoms with Crippen molar-refractivity contribution in [2.24, 2.45) is 0 Å². The number of carbonyl (C=O) groups is 2. The molecule has 168 valence electrons. The maximum absolute atomic E-state index is 12.9. The van der Waals surface area contributed by atoms with E-state index in [9.17, 15) is 22.4 Å². The van der Waals surface area contributed by atoms with E-state index >= 15 is 0 Å². The number of piperazine rings is 1. The maximum Gasteiger partial charge on any atom is 0.264 e. The van der Waals surface area contributed by atoms with Crippen molar-refractivity contribution < 1.29 is 22.4 Å². The van der Waals surface area contributed by atoms with Gasteiger partial charge in [0.15, 0.2) is 0 Å². The van der Waals surface area contributed by atoms with Gasteiger partial charge < -0.3 is 10.2 Å². The molecule has 2 N–H and O–H groups in total. The summed E-state index contributed by atoms with van der Waals surface area (Å²) in [6, 6.07) is 9.21. The second kappa shape index (κ2) is 10.3. The molecule has 0 saturated carbocycles. The molecule has 0 radical (unpaired) electrons. The highest BCUT2D eigenvalue weighted by Gasteiger charge is 2.24. The predicted molar refractivity (Wildman–Crippen MR) is 118 cm³/mol. The van der Waals surface area contributed by atoms with E-state index in [0.717, 1.165) is 11.1 Å². The van der Waals surface area contributed by atoms with Crippen molar-refractivity contribution >= 4 is 38.9 Å². The SMILES string of the molecule is CS(=O)(=O)NCCc1ccc(C(=O)N2CCN(CC(=O)Nc3ccc(F)cc3)CC2)s1. The fraction of sp³-hybridized carbons (Fsp3) is 0.400. The van der Waals surface area contributed by atoms with Gasteiger partial charge in [0.2, 0.25) is 15.9 Å². The van der Waals surface area contributed by atoms with Crippen LogP contribution in [-0.2, 0) is 21.2 Å². The van der Waals surface area contributed by atoms with Crippen LogP contribution in [-0.4, -0.2) is 75.6 Å². The highest BCUT2D eigenvalue weighted by Crippen LogP contribution is 2.20. The van der Waals surface area contributed by atoms with Gasteiger partial charge in [0.1, 0.15) is 5.82 Å². The number of carbonyl (C=O) groups excluding carboxylic acids is 2. The van der Waals surface area contributed by atoms with Crippen LogP contribution in [0.15, 0.2) is 36.4 Å². The van der Waals surface area contributed by atoms with Gasteiger partial charge in [-0.3, -0.25) is 14.5 Å². The number of amides is 2. The molecular formula is C20H25FN4O4S2. The van der Waals surface area contributed by atoms with E-state index in [-0.39, 0.29) is 24.2 Å². The molecule has 1 saturated heterocycles. The third-order valence-electron chi connectivity index (χ3n) is 4.76. The second-order valence-electron chi connectivity index (χ2n) is 7.31. The summed E-state index contributed by atoms with van der Waals surface area (Å²) in [6.45, 7) is 2.71. The molecular weight excluding hydrogens is 443 g/mol. The average molecular weight is 469 g/mol. The molecule has 0 unspecified atom stereocenters. The summed E-state index contributed by atoms with van der Waals surface area (Å²) >= 11 is 1.37. The number of benzene rings is 1. The van der Waals surface area contributed by atoms with Crippen LogP contribution in [0, 0.1) is 5.82 Å². The first kappa shape index (κ1) is 23.3. The van der Waals surface area contributed by atoms with Crippen LogP contribution in [0.2, 0.25) is 0 Å². The average Bonchev–Trinajstić information content (AvgIpc) is 3.18. The molecule has 1 aliphatic rings.